The Morgan fingerprint density at radius 3 is 2.32 bits per heavy atom. The molecular formula is C26H23N3O2. The van der Waals surface area contributed by atoms with Crippen molar-refractivity contribution in [2.75, 3.05) is 12.4 Å². The molecule has 0 fully saturated rings. The van der Waals surface area contributed by atoms with Crippen molar-refractivity contribution in [3.05, 3.63) is 102 Å². The molecule has 1 aliphatic rings. The monoisotopic (exact) mass is 409 g/mol. The summed E-state index contributed by atoms with van der Waals surface area (Å²) in [5, 5.41) is 8.13. The maximum absolute atomic E-state index is 13.3. The largest absolute Gasteiger partial charge is 0.497 e. The Bertz CT molecular complexity index is 1200. The second-order valence-electron chi connectivity index (χ2n) is 7.85. The van der Waals surface area contributed by atoms with Gasteiger partial charge in [0.2, 0.25) is 0 Å². The maximum Gasteiger partial charge on any atom is 0.251 e. The molecule has 3 aromatic carbocycles. The lowest BCUT2D eigenvalue weighted by molar-refractivity contribution is 0.0843. The molecule has 31 heavy (non-hydrogen) atoms. The summed E-state index contributed by atoms with van der Waals surface area (Å²) >= 11 is 0. The number of nitrogens with zero attached hydrogens (tertiary/aromatic N) is 2. The van der Waals surface area contributed by atoms with Crippen LogP contribution in [0.3, 0.4) is 0 Å². The van der Waals surface area contributed by atoms with Gasteiger partial charge in [-0.1, -0.05) is 72.8 Å². The molecule has 0 amide bonds. The average molecular weight is 409 g/mol. The Labute approximate surface area is 181 Å². The van der Waals surface area contributed by atoms with E-state index in [-0.39, 0.29) is 5.91 Å². The molecule has 5 nitrogen and oxygen atoms in total. The number of anilines is 1. The highest BCUT2D eigenvalue weighted by Crippen LogP contribution is 2.41. The van der Waals surface area contributed by atoms with Crippen LogP contribution in [0, 0.1) is 0 Å². The van der Waals surface area contributed by atoms with E-state index in [0.717, 1.165) is 28.3 Å². The molecule has 5 heteroatoms. The third kappa shape index (κ3) is 3.48. The van der Waals surface area contributed by atoms with Crippen LogP contribution in [-0.4, -0.2) is 22.8 Å². The molecular weight excluding hydrogens is 386 g/mol. The molecule has 1 N–H and O–H groups in total. The molecule has 1 aromatic heterocycles. The number of carbonyl (C=O) groups excluding carboxylic acids is 1. The fraction of sp³-hybridized carbons (Fsp3) is 0.154. The van der Waals surface area contributed by atoms with Crippen molar-refractivity contribution in [1.29, 1.82) is 0 Å². The summed E-state index contributed by atoms with van der Waals surface area (Å²) in [6.07, 6.45) is 2.77. The highest BCUT2D eigenvalue weighted by atomic mass is 16.5. The predicted molar refractivity (Wildman–Crippen MR) is 121 cm³/mol. The third-order valence-corrected chi connectivity index (χ3v) is 5.89. The second kappa shape index (κ2) is 7.76. The molecule has 0 radical (unpaired) electrons. The number of methoxy groups -OCH3 is 1. The van der Waals surface area contributed by atoms with Gasteiger partial charge in [0.05, 0.1) is 25.3 Å². The fourth-order valence-corrected chi connectivity index (χ4v) is 4.33. The number of hydrogen-bond donors (Lipinski definition) is 1. The zero-order valence-electron chi connectivity index (χ0n) is 17.3. The lowest BCUT2D eigenvalue weighted by Gasteiger charge is -2.39. The normalized spacial score (nSPS) is 17.6. The van der Waals surface area contributed by atoms with E-state index in [9.17, 15) is 4.79 Å². The van der Waals surface area contributed by atoms with E-state index in [4.69, 9.17) is 4.74 Å². The molecule has 1 aliphatic heterocycles. The first-order chi connectivity index (χ1) is 15.2. The Morgan fingerprint density at radius 1 is 0.968 bits per heavy atom. The number of carbonyl (C=O) groups is 1. The summed E-state index contributed by atoms with van der Waals surface area (Å²) in [5.41, 5.74) is 3.57. The second-order valence-corrected chi connectivity index (χ2v) is 7.85. The van der Waals surface area contributed by atoms with E-state index in [2.05, 4.69) is 34.7 Å². The number of hydrogen-bond acceptors (Lipinski definition) is 4. The minimum atomic E-state index is -0.559. The van der Waals surface area contributed by atoms with Gasteiger partial charge in [-0.25, -0.2) is 0 Å². The molecule has 0 saturated heterocycles. The molecule has 4 aromatic rings. The number of fused-ring (bicyclic) bond motifs is 1. The molecule has 0 spiro atoms. The quantitative estimate of drug-likeness (QED) is 0.495. The van der Waals surface area contributed by atoms with Crippen molar-refractivity contribution in [2.45, 2.75) is 18.4 Å². The van der Waals surface area contributed by atoms with E-state index in [1.165, 1.54) is 10.2 Å². The Morgan fingerprint density at radius 2 is 1.65 bits per heavy atom. The average Bonchev–Trinajstić information content (AvgIpc) is 3.24. The number of benzene rings is 3. The molecule has 0 bridgehead atoms. The van der Waals surface area contributed by atoms with Gasteiger partial charge in [0.1, 0.15) is 11.6 Å². The zero-order chi connectivity index (χ0) is 21.3. The van der Waals surface area contributed by atoms with Crippen molar-refractivity contribution in [3.8, 4) is 16.9 Å². The summed E-state index contributed by atoms with van der Waals surface area (Å²) in [6.45, 7) is 0. The van der Waals surface area contributed by atoms with E-state index < -0.39 is 5.54 Å². The number of nitrogens with one attached hydrogen (secondary N) is 1. The summed E-state index contributed by atoms with van der Waals surface area (Å²) in [5.74, 6) is 1.49. The van der Waals surface area contributed by atoms with Crippen molar-refractivity contribution in [2.24, 2.45) is 0 Å². The van der Waals surface area contributed by atoms with Crippen molar-refractivity contribution in [1.82, 2.24) is 9.78 Å². The van der Waals surface area contributed by atoms with Gasteiger partial charge in [-0.15, -0.1) is 0 Å². The summed E-state index contributed by atoms with van der Waals surface area (Å²) < 4.78 is 6.77. The summed E-state index contributed by atoms with van der Waals surface area (Å²) in [6, 6.07) is 28.3. The van der Waals surface area contributed by atoms with Crippen LogP contribution < -0.4 is 10.1 Å². The molecule has 0 aliphatic carbocycles. The molecule has 5 rings (SSSR count). The zero-order valence-corrected chi connectivity index (χ0v) is 17.3. The van der Waals surface area contributed by atoms with Gasteiger partial charge in [0.25, 0.3) is 5.91 Å². The van der Waals surface area contributed by atoms with Gasteiger partial charge >= 0.3 is 0 Å². The smallest absolute Gasteiger partial charge is 0.251 e. The lowest BCUT2D eigenvalue weighted by atomic mass is 9.79. The van der Waals surface area contributed by atoms with Gasteiger partial charge in [-0.2, -0.15) is 9.78 Å². The van der Waals surface area contributed by atoms with Crippen LogP contribution in [0.2, 0.25) is 0 Å². The number of aromatic nitrogens is 2. The predicted octanol–water partition coefficient (Wildman–Crippen LogP) is 5.15. The van der Waals surface area contributed by atoms with Crippen molar-refractivity contribution >= 4 is 11.7 Å². The standard InChI is InChI=1S/C26H23N3O2/c1-31-22-14-12-20(13-15-22)23-18-27-29-24(30)17-26(28-25(23)29,21-10-6-3-7-11-21)16-19-8-4-2-5-9-19/h2-15,18,28H,16-17H2,1H3. The molecule has 1 unspecified atom stereocenters. The number of ether oxygens (including phenoxy) is 1. The fourth-order valence-electron chi connectivity index (χ4n) is 4.33. The van der Waals surface area contributed by atoms with Gasteiger partial charge < -0.3 is 10.1 Å². The highest BCUT2D eigenvalue weighted by molar-refractivity contribution is 5.91. The van der Waals surface area contributed by atoms with E-state index >= 15 is 0 Å². The van der Waals surface area contributed by atoms with E-state index in [1.54, 1.807) is 13.3 Å². The van der Waals surface area contributed by atoms with Gasteiger partial charge in [-0.3, -0.25) is 4.79 Å². The lowest BCUT2D eigenvalue weighted by Crippen LogP contribution is -2.46. The minimum absolute atomic E-state index is 0.0201. The van der Waals surface area contributed by atoms with Gasteiger partial charge in [0, 0.05) is 12.0 Å². The highest BCUT2D eigenvalue weighted by Gasteiger charge is 2.41. The van der Waals surface area contributed by atoms with Crippen LogP contribution in [0.1, 0.15) is 22.3 Å². The van der Waals surface area contributed by atoms with E-state index in [0.29, 0.717) is 12.8 Å². The van der Waals surface area contributed by atoms with Crippen LogP contribution in [0.15, 0.2) is 91.1 Å². The Hall–Kier alpha value is -3.86. The first-order valence-electron chi connectivity index (χ1n) is 10.3. The molecule has 1 atom stereocenters. The maximum atomic E-state index is 13.3. The first kappa shape index (κ1) is 19.1. The molecule has 0 saturated carbocycles. The van der Waals surface area contributed by atoms with Crippen molar-refractivity contribution < 1.29 is 9.53 Å². The first-order valence-corrected chi connectivity index (χ1v) is 10.3. The van der Waals surface area contributed by atoms with Crippen LogP contribution in [0.25, 0.3) is 11.1 Å². The summed E-state index contributed by atoms with van der Waals surface area (Å²) in [7, 11) is 1.65. The van der Waals surface area contributed by atoms with Crippen LogP contribution in [0.4, 0.5) is 5.82 Å². The van der Waals surface area contributed by atoms with Gasteiger partial charge in [-0.05, 0) is 28.8 Å². The SMILES string of the molecule is COc1ccc(-c2cnn3c2NC(Cc2ccccc2)(c2ccccc2)CC3=O)cc1. The van der Waals surface area contributed by atoms with E-state index in [1.807, 2.05) is 60.7 Å². The Kier molecular flexibility index (Phi) is 4.79. The topological polar surface area (TPSA) is 56.1 Å². The molecule has 2 heterocycles. The van der Waals surface area contributed by atoms with Gasteiger partial charge in [0.15, 0.2) is 0 Å². The van der Waals surface area contributed by atoms with Crippen LogP contribution >= 0.6 is 0 Å². The van der Waals surface area contributed by atoms with Crippen molar-refractivity contribution in [3.63, 3.8) is 0 Å². The third-order valence-electron chi connectivity index (χ3n) is 5.89. The van der Waals surface area contributed by atoms with Crippen LogP contribution in [0.5, 0.6) is 5.75 Å². The van der Waals surface area contributed by atoms with Crippen LogP contribution in [-0.2, 0) is 12.0 Å². The molecule has 154 valence electrons. The summed E-state index contributed by atoms with van der Waals surface area (Å²) in [4.78, 5) is 13.3. The Balaban J connectivity index is 1.61. The number of rotatable bonds is 5. The minimum Gasteiger partial charge on any atom is -0.497 e.